The Morgan fingerprint density at radius 3 is 2.32 bits per heavy atom. The molecule has 12 heteroatoms. The number of carbonyl (C=O) groups is 2. The van der Waals surface area contributed by atoms with Gasteiger partial charge in [0.2, 0.25) is 5.82 Å². The Morgan fingerprint density at radius 2 is 1.66 bits per heavy atom. The third kappa shape index (κ3) is 6.09. The van der Waals surface area contributed by atoms with Gasteiger partial charge in [0.25, 0.3) is 17.2 Å². The molecule has 1 amide bonds. The summed E-state index contributed by atoms with van der Waals surface area (Å²) >= 11 is 6.60. The number of unbranched alkanes of at least 4 members (excludes halogenated alkanes) is 1. The Morgan fingerprint density at radius 1 is 0.955 bits per heavy atom. The molecule has 0 atom stereocenters. The van der Waals surface area contributed by atoms with E-state index < -0.39 is 11.7 Å². The van der Waals surface area contributed by atoms with E-state index in [9.17, 15) is 14.8 Å². The molecule has 0 aliphatic heterocycles. The zero-order chi connectivity index (χ0) is 31.2. The lowest BCUT2D eigenvalue weighted by molar-refractivity contribution is -0.610. The topological polar surface area (TPSA) is 137 Å². The van der Waals surface area contributed by atoms with Crippen LogP contribution in [0, 0.1) is 5.21 Å². The summed E-state index contributed by atoms with van der Waals surface area (Å²) in [4.78, 5) is 33.0. The number of rotatable bonds is 12. The fourth-order valence-electron chi connectivity index (χ4n) is 5.17. The third-order valence-corrected chi connectivity index (χ3v) is 7.80. The first-order chi connectivity index (χ1) is 21.4. The number of tetrazole rings is 1. The summed E-state index contributed by atoms with van der Waals surface area (Å²) in [5.41, 5.74) is 3.46. The maximum absolute atomic E-state index is 13.9. The van der Waals surface area contributed by atoms with Gasteiger partial charge < -0.3 is 14.7 Å². The van der Waals surface area contributed by atoms with Crippen molar-refractivity contribution < 1.29 is 14.3 Å². The van der Waals surface area contributed by atoms with Crippen molar-refractivity contribution in [3.8, 4) is 22.5 Å². The quantitative estimate of drug-likeness (QED) is 0.117. The van der Waals surface area contributed by atoms with Gasteiger partial charge in [-0.1, -0.05) is 73.5 Å². The summed E-state index contributed by atoms with van der Waals surface area (Å²) in [5.74, 6) is 0.114. The molecule has 0 radical (unpaired) electrons. The van der Waals surface area contributed by atoms with Gasteiger partial charge in [0.05, 0.1) is 0 Å². The van der Waals surface area contributed by atoms with E-state index in [-0.39, 0.29) is 22.2 Å². The lowest BCUT2D eigenvalue weighted by Gasteiger charge is -2.18. The number of imidazole rings is 1. The Kier molecular flexibility index (Phi) is 9.44. The molecule has 44 heavy (non-hydrogen) atoms. The van der Waals surface area contributed by atoms with Crippen LogP contribution in [-0.4, -0.2) is 59.9 Å². The number of aromatic nitrogens is 7. The summed E-state index contributed by atoms with van der Waals surface area (Å²) in [6.07, 6.45) is 2.39. The van der Waals surface area contributed by atoms with Gasteiger partial charge in [-0.05, 0) is 48.2 Å². The SMILES string of the molecule is CCCCc1nc(Cl)c(C(=O)c2cccc(C(=O)N(CC)CC)[n+]2[O-])n1Cc1ccc(-c2ccccc2-c2nn[nH]n2)cc1. The average molecular weight is 613 g/mol. The van der Waals surface area contributed by atoms with Crippen LogP contribution in [0.2, 0.25) is 5.15 Å². The van der Waals surface area contributed by atoms with E-state index in [2.05, 4.69) is 32.5 Å². The lowest BCUT2D eigenvalue weighted by atomic mass is 9.98. The largest absolute Gasteiger partial charge is 0.618 e. The number of aryl methyl sites for hydroxylation is 1. The van der Waals surface area contributed by atoms with Gasteiger partial charge in [0, 0.05) is 43.8 Å². The number of aromatic amines is 1. The van der Waals surface area contributed by atoms with Gasteiger partial charge in [0.15, 0.2) is 5.15 Å². The molecule has 0 aliphatic rings. The highest BCUT2D eigenvalue weighted by molar-refractivity contribution is 6.33. The van der Waals surface area contributed by atoms with Crippen molar-refractivity contribution >= 4 is 23.3 Å². The first-order valence-corrected chi connectivity index (χ1v) is 15.0. The number of pyridine rings is 1. The number of nitrogens with zero attached hydrogens (tertiary/aromatic N) is 7. The molecule has 0 saturated carbocycles. The van der Waals surface area contributed by atoms with Crippen LogP contribution in [-0.2, 0) is 13.0 Å². The fourth-order valence-corrected chi connectivity index (χ4v) is 5.46. The van der Waals surface area contributed by atoms with Gasteiger partial charge in [-0.25, -0.2) is 4.98 Å². The maximum atomic E-state index is 13.9. The van der Waals surface area contributed by atoms with Crippen LogP contribution in [0.1, 0.15) is 71.7 Å². The van der Waals surface area contributed by atoms with E-state index in [1.54, 1.807) is 4.57 Å². The molecule has 0 aliphatic carbocycles. The molecule has 11 nitrogen and oxygen atoms in total. The minimum Gasteiger partial charge on any atom is -0.618 e. The minimum atomic E-state index is -0.597. The van der Waals surface area contributed by atoms with Crippen molar-refractivity contribution in [3.63, 3.8) is 0 Å². The van der Waals surface area contributed by atoms with E-state index in [1.807, 2.05) is 62.4 Å². The molecule has 2 aromatic carbocycles. The summed E-state index contributed by atoms with van der Waals surface area (Å²) in [5, 5.41) is 27.8. The zero-order valence-electron chi connectivity index (χ0n) is 24.8. The number of benzene rings is 2. The smallest absolute Gasteiger partial charge is 0.319 e. The van der Waals surface area contributed by atoms with Crippen molar-refractivity contribution in [2.24, 2.45) is 0 Å². The molecular weight excluding hydrogens is 580 g/mol. The third-order valence-electron chi connectivity index (χ3n) is 7.54. The molecule has 5 aromatic rings. The molecular formula is C32H33ClN8O3. The standard InChI is InChI=1S/C32H33ClN8O3/c1-4-7-15-27-34-30(33)28(29(42)25-13-10-14-26(41(25)44)32(43)39(5-2)6-3)40(27)20-21-16-18-22(19-17-21)23-11-8-9-12-24(23)31-35-37-38-36-31/h8-14,16-19H,4-7,15,20H2,1-3H3,(H,35,36,37,38). The van der Waals surface area contributed by atoms with Crippen molar-refractivity contribution in [2.45, 2.75) is 46.6 Å². The van der Waals surface area contributed by atoms with Gasteiger partial charge in [-0.2, -0.15) is 9.94 Å². The molecule has 0 saturated heterocycles. The van der Waals surface area contributed by atoms with Crippen LogP contribution < -0.4 is 4.73 Å². The lowest BCUT2D eigenvalue weighted by Crippen LogP contribution is -2.45. The predicted octanol–water partition coefficient (Wildman–Crippen LogP) is 5.12. The van der Waals surface area contributed by atoms with Crippen LogP contribution in [0.3, 0.4) is 0 Å². The fraction of sp³-hybridized carbons (Fsp3) is 0.281. The first kappa shape index (κ1) is 30.6. The summed E-state index contributed by atoms with van der Waals surface area (Å²) in [6, 6.07) is 20.1. The normalized spacial score (nSPS) is 11.1. The first-order valence-electron chi connectivity index (χ1n) is 14.6. The second-order valence-electron chi connectivity index (χ2n) is 10.2. The van der Waals surface area contributed by atoms with E-state index in [1.165, 1.54) is 23.1 Å². The Balaban J connectivity index is 1.50. The molecule has 0 spiro atoms. The molecule has 5 rings (SSSR count). The number of nitrogens with one attached hydrogen (secondary N) is 1. The minimum absolute atomic E-state index is 0.0206. The van der Waals surface area contributed by atoms with Crippen LogP contribution >= 0.6 is 11.6 Å². The van der Waals surface area contributed by atoms with Crippen LogP contribution in [0.5, 0.6) is 0 Å². The number of ketones is 1. The van der Waals surface area contributed by atoms with Crippen molar-refractivity contribution in [1.29, 1.82) is 0 Å². The average Bonchev–Trinajstić information content (AvgIpc) is 3.69. The summed E-state index contributed by atoms with van der Waals surface area (Å²) in [7, 11) is 0. The Bertz CT molecular complexity index is 1760. The molecule has 1 N–H and O–H groups in total. The number of carbonyl (C=O) groups excluding carboxylic acids is 2. The highest BCUT2D eigenvalue weighted by Gasteiger charge is 2.31. The molecule has 3 heterocycles. The van der Waals surface area contributed by atoms with Crippen LogP contribution in [0.25, 0.3) is 22.5 Å². The summed E-state index contributed by atoms with van der Waals surface area (Å²) in [6.45, 7) is 6.93. The molecule has 226 valence electrons. The number of H-pyrrole nitrogens is 1. The number of hydrogen-bond acceptors (Lipinski definition) is 7. The molecule has 0 unspecified atom stereocenters. The monoisotopic (exact) mass is 612 g/mol. The van der Waals surface area contributed by atoms with Gasteiger partial charge >= 0.3 is 5.91 Å². The van der Waals surface area contributed by atoms with Gasteiger partial charge in [-0.3, -0.25) is 9.59 Å². The number of amides is 1. The zero-order valence-corrected chi connectivity index (χ0v) is 25.6. The van der Waals surface area contributed by atoms with Crippen LogP contribution in [0.4, 0.5) is 0 Å². The predicted molar refractivity (Wildman–Crippen MR) is 166 cm³/mol. The van der Waals surface area contributed by atoms with Gasteiger partial charge in [0.1, 0.15) is 11.5 Å². The highest BCUT2D eigenvalue weighted by Crippen LogP contribution is 2.30. The number of hydrogen-bond donors (Lipinski definition) is 1. The van der Waals surface area contributed by atoms with E-state index in [4.69, 9.17) is 11.6 Å². The van der Waals surface area contributed by atoms with Gasteiger partial charge in [-0.15, -0.1) is 10.2 Å². The van der Waals surface area contributed by atoms with E-state index >= 15 is 0 Å². The Labute approximate surface area is 260 Å². The Hall–Kier alpha value is -4.90. The van der Waals surface area contributed by atoms with E-state index in [0.717, 1.165) is 35.1 Å². The van der Waals surface area contributed by atoms with Crippen LogP contribution in [0.15, 0.2) is 66.7 Å². The number of halogens is 1. The second kappa shape index (κ2) is 13.6. The molecule has 0 fully saturated rings. The van der Waals surface area contributed by atoms with Crippen molar-refractivity contribution in [3.05, 3.63) is 106 Å². The second-order valence-corrected chi connectivity index (χ2v) is 10.6. The maximum Gasteiger partial charge on any atom is 0.319 e. The molecule has 3 aromatic heterocycles. The van der Waals surface area contributed by atoms with Crippen molar-refractivity contribution in [1.82, 2.24) is 35.1 Å². The molecule has 0 bridgehead atoms. The summed E-state index contributed by atoms with van der Waals surface area (Å²) < 4.78 is 2.18. The van der Waals surface area contributed by atoms with Crippen molar-refractivity contribution in [2.75, 3.05) is 13.1 Å². The van der Waals surface area contributed by atoms with E-state index in [0.29, 0.717) is 42.4 Å². The highest BCUT2D eigenvalue weighted by atomic mass is 35.5.